The molecule has 3 aromatic rings. The summed E-state index contributed by atoms with van der Waals surface area (Å²) in [4.78, 5) is 42.7. The van der Waals surface area contributed by atoms with Crippen LogP contribution in [0, 0.1) is 6.92 Å². The van der Waals surface area contributed by atoms with E-state index in [1.165, 1.54) is 29.5 Å². The third-order valence-corrected chi connectivity index (χ3v) is 5.30. The van der Waals surface area contributed by atoms with Gasteiger partial charge >= 0.3 is 5.97 Å². The number of nitrogens with zero attached hydrogens (tertiary/aromatic N) is 2. The smallest absolute Gasteiger partial charge is 0.325 e. The Balaban J connectivity index is 2.02. The highest BCUT2D eigenvalue weighted by Gasteiger charge is 2.19. The van der Waals surface area contributed by atoms with Crippen LogP contribution in [0.1, 0.15) is 21.5 Å². The molecule has 0 radical (unpaired) electrons. The molecule has 0 unspecified atom stereocenters. The van der Waals surface area contributed by atoms with Crippen LogP contribution in [-0.4, -0.2) is 34.8 Å². The number of aromatic nitrogens is 2. The van der Waals surface area contributed by atoms with Crippen molar-refractivity contribution in [3.8, 4) is 0 Å². The van der Waals surface area contributed by atoms with Crippen molar-refractivity contribution in [2.24, 2.45) is 0 Å². The van der Waals surface area contributed by atoms with Crippen molar-refractivity contribution in [3.05, 3.63) is 69.6 Å². The van der Waals surface area contributed by atoms with Gasteiger partial charge in [-0.25, -0.2) is 4.98 Å². The van der Waals surface area contributed by atoms with Gasteiger partial charge in [0.05, 0.1) is 7.11 Å². The van der Waals surface area contributed by atoms with Crippen LogP contribution in [0.5, 0.6) is 0 Å². The number of aryl methyl sites for hydroxylation is 1. The van der Waals surface area contributed by atoms with E-state index in [0.717, 1.165) is 16.0 Å². The molecule has 1 N–H and O–H groups in total. The molecule has 0 saturated heterocycles. The second kappa shape index (κ2) is 8.91. The molecule has 0 fully saturated rings. The Morgan fingerprint density at radius 1 is 1.21 bits per heavy atom. The van der Waals surface area contributed by atoms with Crippen LogP contribution >= 0.6 is 11.8 Å². The maximum absolute atomic E-state index is 13.0. The molecule has 1 aromatic carbocycles. The monoisotopic (exact) mass is 411 g/mol. The quantitative estimate of drug-likeness (QED) is 0.495. The first kappa shape index (κ1) is 20.6. The highest BCUT2D eigenvalue weighted by Crippen LogP contribution is 2.24. The van der Waals surface area contributed by atoms with Crippen LogP contribution in [0.3, 0.4) is 0 Å². The Bertz CT molecular complexity index is 1120. The van der Waals surface area contributed by atoms with Crippen molar-refractivity contribution < 1.29 is 14.3 Å². The number of fused-ring (bicyclic) bond motifs is 1. The largest absolute Gasteiger partial charge is 0.468 e. The first-order valence-electron chi connectivity index (χ1n) is 8.91. The van der Waals surface area contributed by atoms with Crippen molar-refractivity contribution in [3.63, 3.8) is 0 Å². The van der Waals surface area contributed by atoms with E-state index < -0.39 is 17.4 Å². The molecule has 0 saturated carbocycles. The number of hydrogen-bond donors (Lipinski definition) is 1. The minimum Gasteiger partial charge on any atom is -0.468 e. The third kappa shape index (κ3) is 4.48. The second-order valence-electron chi connectivity index (χ2n) is 6.44. The van der Waals surface area contributed by atoms with Crippen molar-refractivity contribution in [2.45, 2.75) is 24.9 Å². The molecule has 0 atom stereocenters. The van der Waals surface area contributed by atoms with Crippen LogP contribution < -0.4 is 10.9 Å². The summed E-state index contributed by atoms with van der Waals surface area (Å²) in [5, 5.41) is 3.41. The van der Waals surface area contributed by atoms with Gasteiger partial charge in [-0.05, 0) is 30.9 Å². The Kier molecular flexibility index (Phi) is 6.33. The third-order valence-electron chi connectivity index (χ3n) is 4.50. The Morgan fingerprint density at radius 2 is 1.93 bits per heavy atom. The summed E-state index contributed by atoms with van der Waals surface area (Å²) in [7, 11) is 1.24. The van der Waals surface area contributed by atoms with Gasteiger partial charge in [0.2, 0.25) is 0 Å². The molecule has 29 heavy (non-hydrogen) atoms. The summed E-state index contributed by atoms with van der Waals surface area (Å²) in [5.41, 5.74) is 1.75. The molecule has 2 heterocycles. The van der Waals surface area contributed by atoms with Crippen molar-refractivity contribution in [1.82, 2.24) is 14.9 Å². The highest BCUT2D eigenvalue weighted by atomic mass is 32.2. The lowest BCUT2D eigenvalue weighted by Crippen LogP contribution is -2.34. The molecule has 3 rings (SSSR count). The lowest BCUT2D eigenvalue weighted by atomic mass is 10.1. The van der Waals surface area contributed by atoms with E-state index in [9.17, 15) is 14.4 Å². The summed E-state index contributed by atoms with van der Waals surface area (Å²) in [6.07, 6.45) is 3.46. The van der Waals surface area contributed by atoms with E-state index in [4.69, 9.17) is 4.74 Å². The number of rotatable bonds is 6. The fourth-order valence-electron chi connectivity index (χ4n) is 2.91. The minimum absolute atomic E-state index is 0.0446. The number of ether oxygens (including phenoxy) is 1. The van der Waals surface area contributed by atoms with Gasteiger partial charge in [0.1, 0.15) is 17.8 Å². The lowest BCUT2D eigenvalue weighted by Gasteiger charge is -2.13. The topological polar surface area (TPSA) is 90.3 Å². The molecule has 0 spiro atoms. The van der Waals surface area contributed by atoms with E-state index in [0.29, 0.717) is 11.0 Å². The number of carbonyl (C=O) groups excluding carboxylic acids is 2. The van der Waals surface area contributed by atoms with Crippen molar-refractivity contribution in [1.29, 1.82) is 0 Å². The van der Waals surface area contributed by atoms with Crippen molar-refractivity contribution in [2.75, 3.05) is 13.4 Å². The maximum Gasteiger partial charge on any atom is 0.325 e. The van der Waals surface area contributed by atoms with Crippen LogP contribution in [0.15, 0.2) is 52.3 Å². The zero-order valence-electron chi connectivity index (χ0n) is 16.4. The number of methoxy groups -OCH3 is 1. The first-order valence-corrected chi connectivity index (χ1v) is 10.1. The number of hydrogen-bond acceptors (Lipinski definition) is 6. The summed E-state index contributed by atoms with van der Waals surface area (Å²) >= 11 is 1.47. The van der Waals surface area contributed by atoms with Gasteiger partial charge in [-0.2, -0.15) is 0 Å². The zero-order chi connectivity index (χ0) is 21.0. The van der Waals surface area contributed by atoms with E-state index >= 15 is 0 Å². The molecule has 7 nitrogen and oxygen atoms in total. The first-order chi connectivity index (χ1) is 13.9. The van der Waals surface area contributed by atoms with Crippen LogP contribution in [-0.2, 0) is 22.6 Å². The average Bonchev–Trinajstić information content (AvgIpc) is 2.74. The Hall–Kier alpha value is -3.13. The molecular weight excluding hydrogens is 390 g/mol. The number of thioether (sulfide) groups is 1. The van der Waals surface area contributed by atoms with E-state index in [-0.39, 0.29) is 18.7 Å². The number of carbonyl (C=O) groups is 2. The lowest BCUT2D eigenvalue weighted by molar-refractivity contribution is -0.141. The summed E-state index contributed by atoms with van der Waals surface area (Å²) < 4.78 is 5.88. The van der Waals surface area contributed by atoms with Gasteiger partial charge in [0.25, 0.3) is 11.5 Å². The number of esters is 1. The highest BCUT2D eigenvalue weighted by molar-refractivity contribution is 7.98. The second-order valence-corrected chi connectivity index (χ2v) is 7.29. The van der Waals surface area contributed by atoms with Crippen LogP contribution in [0.25, 0.3) is 11.0 Å². The molecule has 0 bridgehead atoms. The van der Waals surface area contributed by atoms with E-state index in [1.807, 2.05) is 37.4 Å². The fraction of sp³-hybridized carbons (Fsp3) is 0.238. The number of amides is 1. The van der Waals surface area contributed by atoms with Gasteiger partial charge in [0, 0.05) is 23.0 Å². The maximum atomic E-state index is 13.0. The minimum atomic E-state index is -0.595. The summed E-state index contributed by atoms with van der Waals surface area (Å²) in [5.74, 6) is -1.10. The zero-order valence-corrected chi connectivity index (χ0v) is 17.2. The standard InChI is InChI=1S/C21H21N3O4S/c1-13-4-6-14(7-5-13)11-23-20(26)16-10-15-17(29-3)8-9-22-19(15)24(21(16)27)12-18(25)28-2/h4-10H,11-12H2,1-3H3,(H,23,26). The molecular formula is C21H21N3O4S. The van der Waals surface area contributed by atoms with E-state index in [2.05, 4.69) is 10.3 Å². The molecule has 1 amide bonds. The normalized spacial score (nSPS) is 10.7. The van der Waals surface area contributed by atoms with Crippen LogP contribution in [0.4, 0.5) is 0 Å². The van der Waals surface area contributed by atoms with Gasteiger partial charge in [0.15, 0.2) is 0 Å². The molecule has 150 valence electrons. The summed E-state index contributed by atoms with van der Waals surface area (Å²) in [6.45, 7) is 1.95. The Labute approximate surface area is 172 Å². The van der Waals surface area contributed by atoms with E-state index in [1.54, 1.807) is 12.3 Å². The molecule has 0 aliphatic heterocycles. The molecule has 8 heteroatoms. The SMILES string of the molecule is COC(=O)Cn1c(=O)c(C(=O)NCc2ccc(C)cc2)cc2c(SC)ccnc21. The van der Waals surface area contributed by atoms with Gasteiger partial charge < -0.3 is 10.1 Å². The molecule has 0 aliphatic rings. The Morgan fingerprint density at radius 3 is 2.59 bits per heavy atom. The van der Waals surface area contributed by atoms with Crippen molar-refractivity contribution >= 4 is 34.7 Å². The van der Waals surface area contributed by atoms with Gasteiger partial charge in [-0.3, -0.25) is 19.0 Å². The summed E-state index contributed by atoms with van der Waals surface area (Å²) in [6, 6.07) is 11.1. The molecule has 2 aromatic heterocycles. The molecule has 0 aliphatic carbocycles. The van der Waals surface area contributed by atoms with Gasteiger partial charge in [-0.15, -0.1) is 11.8 Å². The average molecular weight is 411 g/mol. The predicted octanol–water partition coefficient (Wildman–Crippen LogP) is 2.53. The number of nitrogens with one attached hydrogen (secondary N) is 1. The fourth-order valence-corrected chi connectivity index (χ4v) is 3.48. The predicted molar refractivity (Wildman–Crippen MR) is 112 cm³/mol. The van der Waals surface area contributed by atoms with Crippen LogP contribution in [0.2, 0.25) is 0 Å². The number of pyridine rings is 2. The number of benzene rings is 1. The van der Waals surface area contributed by atoms with Gasteiger partial charge in [-0.1, -0.05) is 29.8 Å².